The fourth-order valence-electron chi connectivity index (χ4n) is 1.77. The van der Waals surface area contributed by atoms with E-state index in [2.05, 4.69) is 13.8 Å². The van der Waals surface area contributed by atoms with Crippen LogP contribution in [0.5, 0.6) is 0 Å². The standard InChI is InChI=1S/C12H12O2/c1-8(2)12-9-5-3-4-6-10(9)14-11(12)7-13/h3-8H,1-2H3. The summed E-state index contributed by atoms with van der Waals surface area (Å²) in [5, 5.41) is 1.05. The van der Waals surface area contributed by atoms with E-state index in [0.717, 1.165) is 22.8 Å². The molecule has 0 spiro atoms. The first-order valence-corrected chi connectivity index (χ1v) is 4.70. The van der Waals surface area contributed by atoms with E-state index >= 15 is 0 Å². The highest BCUT2D eigenvalue weighted by atomic mass is 16.3. The van der Waals surface area contributed by atoms with Crippen molar-refractivity contribution >= 4 is 17.3 Å². The van der Waals surface area contributed by atoms with Gasteiger partial charge in [0.1, 0.15) is 5.58 Å². The van der Waals surface area contributed by atoms with Crippen molar-refractivity contribution < 1.29 is 9.21 Å². The van der Waals surface area contributed by atoms with E-state index in [1.807, 2.05) is 24.3 Å². The summed E-state index contributed by atoms with van der Waals surface area (Å²) in [6.07, 6.45) is 0.787. The van der Waals surface area contributed by atoms with Gasteiger partial charge in [0, 0.05) is 10.9 Å². The average molecular weight is 188 g/mol. The Labute approximate surface area is 82.5 Å². The van der Waals surface area contributed by atoms with E-state index in [1.165, 1.54) is 0 Å². The number of aldehydes is 1. The van der Waals surface area contributed by atoms with Crippen LogP contribution in [0, 0.1) is 0 Å². The van der Waals surface area contributed by atoms with Crippen LogP contribution in [0.2, 0.25) is 0 Å². The molecule has 0 aliphatic carbocycles. The Morgan fingerprint density at radius 1 is 1.29 bits per heavy atom. The van der Waals surface area contributed by atoms with E-state index in [1.54, 1.807) is 0 Å². The van der Waals surface area contributed by atoms with E-state index in [9.17, 15) is 4.79 Å². The Morgan fingerprint density at radius 2 is 2.00 bits per heavy atom. The third kappa shape index (κ3) is 1.23. The van der Waals surface area contributed by atoms with Crippen LogP contribution in [0.4, 0.5) is 0 Å². The van der Waals surface area contributed by atoms with Gasteiger partial charge in [-0.1, -0.05) is 32.0 Å². The smallest absolute Gasteiger partial charge is 0.185 e. The van der Waals surface area contributed by atoms with Gasteiger partial charge in [-0.2, -0.15) is 0 Å². The molecule has 1 heterocycles. The number of carbonyl (C=O) groups is 1. The minimum Gasteiger partial charge on any atom is -0.453 e. The number of furan rings is 1. The third-order valence-electron chi connectivity index (χ3n) is 2.35. The van der Waals surface area contributed by atoms with Gasteiger partial charge in [0.2, 0.25) is 0 Å². The number of para-hydroxylation sites is 1. The molecule has 0 unspecified atom stereocenters. The molecule has 1 aromatic carbocycles. The summed E-state index contributed by atoms with van der Waals surface area (Å²) in [4.78, 5) is 10.8. The molecule has 0 atom stereocenters. The highest BCUT2D eigenvalue weighted by molar-refractivity contribution is 5.90. The van der Waals surface area contributed by atoms with E-state index in [0.29, 0.717) is 11.7 Å². The lowest BCUT2D eigenvalue weighted by Crippen LogP contribution is -1.90. The highest BCUT2D eigenvalue weighted by Gasteiger charge is 2.15. The molecular weight excluding hydrogens is 176 g/mol. The molecule has 2 heteroatoms. The normalized spacial score (nSPS) is 11.1. The zero-order chi connectivity index (χ0) is 10.1. The van der Waals surface area contributed by atoms with Crippen LogP contribution in [0.3, 0.4) is 0 Å². The van der Waals surface area contributed by atoms with Gasteiger partial charge < -0.3 is 4.42 Å². The minimum atomic E-state index is 0.304. The first kappa shape index (κ1) is 9.00. The summed E-state index contributed by atoms with van der Waals surface area (Å²) < 4.78 is 5.44. The Morgan fingerprint density at radius 3 is 2.64 bits per heavy atom. The Kier molecular flexibility index (Phi) is 2.12. The molecule has 2 aromatic rings. The van der Waals surface area contributed by atoms with Crippen molar-refractivity contribution in [2.24, 2.45) is 0 Å². The van der Waals surface area contributed by atoms with Crippen molar-refractivity contribution in [3.63, 3.8) is 0 Å². The van der Waals surface area contributed by atoms with Gasteiger partial charge in [0.05, 0.1) is 0 Å². The van der Waals surface area contributed by atoms with Crippen molar-refractivity contribution in [3.05, 3.63) is 35.6 Å². The van der Waals surface area contributed by atoms with Gasteiger partial charge in [-0.3, -0.25) is 4.79 Å². The van der Waals surface area contributed by atoms with E-state index < -0.39 is 0 Å². The number of hydrogen-bond acceptors (Lipinski definition) is 2. The van der Waals surface area contributed by atoms with Gasteiger partial charge in [0.25, 0.3) is 0 Å². The molecule has 2 nitrogen and oxygen atoms in total. The predicted molar refractivity (Wildman–Crippen MR) is 55.7 cm³/mol. The number of benzene rings is 1. The minimum absolute atomic E-state index is 0.304. The highest BCUT2D eigenvalue weighted by Crippen LogP contribution is 2.30. The average Bonchev–Trinajstić information content (AvgIpc) is 2.55. The zero-order valence-corrected chi connectivity index (χ0v) is 8.28. The molecule has 0 bridgehead atoms. The summed E-state index contributed by atoms with van der Waals surface area (Å²) in [6.45, 7) is 4.12. The number of fused-ring (bicyclic) bond motifs is 1. The van der Waals surface area contributed by atoms with Gasteiger partial charge in [-0.25, -0.2) is 0 Å². The van der Waals surface area contributed by atoms with Gasteiger partial charge >= 0.3 is 0 Å². The number of carbonyl (C=O) groups excluding carboxylic acids is 1. The van der Waals surface area contributed by atoms with Crippen LogP contribution in [0.15, 0.2) is 28.7 Å². The molecule has 0 aliphatic rings. The third-order valence-corrected chi connectivity index (χ3v) is 2.35. The van der Waals surface area contributed by atoms with Crippen LogP contribution in [-0.4, -0.2) is 6.29 Å². The van der Waals surface area contributed by atoms with Crippen LogP contribution < -0.4 is 0 Å². The lowest BCUT2D eigenvalue weighted by molar-refractivity contribution is 0.110. The maximum atomic E-state index is 10.8. The van der Waals surface area contributed by atoms with Crippen molar-refractivity contribution in [2.75, 3.05) is 0 Å². The zero-order valence-electron chi connectivity index (χ0n) is 8.28. The first-order valence-electron chi connectivity index (χ1n) is 4.70. The van der Waals surface area contributed by atoms with Gasteiger partial charge in [0.15, 0.2) is 12.0 Å². The van der Waals surface area contributed by atoms with Gasteiger partial charge in [-0.15, -0.1) is 0 Å². The van der Waals surface area contributed by atoms with Crippen LogP contribution in [0.25, 0.3) is 11.0 Å². The molecule has 0 aliphatic heterocycles. The molecule has 0 radical (unpaired) electrons. The first-order chi connectivity index (χ1) is 6.74. The SMILES string of the molecule is CC(C)c1c(C=O)oc2ccccc12. The molecule has 1 aromatic heterocycles. The number of rotatable bonds is 2. The van der Waals surface area contributed by atoms with Crippen LogP contribution in [0.1, 0.15) is 35.9 Å². The summed E-state index contributed by atoms with van der Waals surface area (Å²) in [7, 11) is 0. The molecule has 2 rings (SSSR count). The summed E-state index contributed by atoms with van der Waals surface area (Å²) in [5.41, 5.74) is 1.80. The Hall–Kier alpha value is -1.57. The molecule has 0 saturated heterocycles. The molecule has 72 valence electrons. The van der Waals surface area contributed by atoms with Crippen molar-refractivity contribution in [3.8, 4) is 0 Å². The second-order valence-electron chi connectivity index (χ2n) is 3.65. The monoisotopic (exact) mass is 188 g/mol. The predicted octanol–water partition coefficient (Wildman–Crippen LogP) is 3.37. The fourth-order valence-corrected chi connectivity index (χ4v) is 1.77. The quantitative estimate of drug-likeness (QED) is 0.676. The Balaban J connectivity index is 2.80. The topological polar surface area (TPSA) is 30.2 Å². The summed E-state index contributed by atoms with van der Waals surface area (Å²) >= 11 is 0. The molecule has 0 amide bonds. The van der Waals surface area contributed by atoms with E-state index in [4.69, 9.17) is 4.42 Å². The van der Waals surface area contributed by atoms with Crippen molar-refractivity contribution in [1.82, 2.24) is 0 Å². The molecule has 0 fully saturated rings. The largest absolute Gasteiger partial charge is 0.453 e. The molecule has 0 N–H and O–H groups in total. The maximum absolute atomic E-state index is 10.8. The lowest BCUT2D eigenvalue weighted by atomic mass is 10.00. The summed E-state index contributed by atoms with van der Waals surface area (Å²) in [6, 6.07) is 7.73. The second-order valence-corrected chi connectivity index (χ2v) is 3.65. The molecular formula is C12H12O2. The van der Waals surface area contributed by atoms with Crippen LogP contribution in [-0.2, 0) is 0 Å². The summed E-state index contributed by atoms with van der Waals surface area (Å²) in [5.74, 6) is 0.764. The van der Waals surface area contributed by atoms with E-state index in [-0.39, 0.29) is 0 Å². The van der Waals surface area contributed by atoms with Gasteiger partial charge in [-0.05, 0) is 12.0 Å². The van der Waals surface area contributed by atoms with Crippen LogP contribution >= 0.6 is 0 Å². The molecule has 0 saturated carbocycles. The fraction of sp³-hybridized carbons (Fsp3) is 0.250. The van der Waals surface area contributed by atoms with Crippen molar-refractivity contribution in [2.45, 2.75) is 19.8 Å². The lowest BCUT2D eigenvalue weighted by Gasteiger charge is -2.01. The Bertz CT molecular complexity index is 466. The maximum Gasteiger partial charge on any atom is 0.185 e. The molecule has 14 heavy (non-hydrogen) atoms. The van der Waals surface area contributed by atoms with Crippen molar-refractivity contribution in [1.29, 1.82) is 0 Å². The second kappa shape index (κ2) is 3.29. The number of hydrogen-bond donors (Lipinski definition) is 0.